The van der Waals surface area contributed by atoms with E-state index in [2.05, 4.69) is 10.0 Å². The summed E-state index contributed by atoms with van der Waals surface area (Å²) in [4.78, 5) is 39.2. The highest BCUT2D eigenvalue weighted by molar-refractivity contribution is 5.68. The zero-order chi connectivity index (χ0) is 34.9. The number of fused-ring (bicyclic) bond motifs is 1. The van der Waals surface area contributed by atoms with E-state index in [1.165, 1.54) is 14.0 Å². The van der Waals surface area contributed by atoms with Crippen molar-refractivity contribution in [2.24, 2.45) is 5.11 Å². The second-order valence-electron chi connectivity index (χ2n) is 11.5. The van der Waals surface area contributed by atoms with Gasteiger partial charge in [-0.1, -0.05) is 65.8 Å². The van der Waals surface area contributed by atoms with Crippen LogP contribution in [0.3, 0.4) is 0 Å². The quantitative estimate of drug-likeness (QED) is 0.104. The maximum atomic E-state index is 12.3. The van der Waals surface area contributed by atoms with Crippen LogP contribution in [0.5, 0.6) is 0 Å². The number of hydrogen-bond acceptors (Lipinski definition) is 14. The van der Waals surface area contributed by atoms with Gasteiger partial charge in [-0.05, 0) is 11.1 Å². The second kappa shape index (κ2) is 17.0. The van der Waals surface area contributed by atoms with Crippen LogP contribution in [0.4, 0.5) is 0 Å². The van der Waals surface area contributed by atoms with E-state index in [9.17, 15) is 19.9 Å². The van der Waals surface area contributed by atoms with Gasteiger partial charge in [0.05, 0.1) is 13.2 Å². The van der Waals surface area contributed by atoms with Crippen molar-refractivity contribution in [1.29, 1.82) is 0 Å². The fourth-order valence-electron chi connectivity index (χ4n) is 5.95. The summed E-state index contributed by atoms with van der Waals surface area (Å²) in [6.45, 7) is 3.30. The van der Waals surface area contributed by atoms with Crippen LogP contribution in [0.2, 0.25) is 0 Å². The van der Waals surface area contributed by atoms with Crippen LogP contribution in [0, 0.1) is 0 Å². The minimum Gasteiger partial charge on any atom is -0.463 e. The Morgan fingerprint density at radius 3 is 2.14 bits per heavy atom. The molecular formula is C33H39N3O13. The van der Waals surface area contributed by atoms with E-state index in [-0.39, 0.29) is 13.2 Å². The number of benzene rings is 2. The Kier molecular flexibility index (Phi) is 12.6. The SMILES string of the molecule is CO[C@H]1O[C@@H]2COC(c3ccccc3)O[C@H]2[C@H](O[C@H]2O[C@H](COC(C)=O)[C@@H](OC(C)=O)[C@H](OC(C)=O)[C@H]2N=[N+]=[N-])[C@H]1OCc1ccccc1. The van der Waals surface area contributed by atoms with Crippen LogP contribution >= 0.6 is 0 Å². The lowest BCUT2D eigenvalue weighted by atomic mass is 9.94. The average Bonchev–Trinajstić information content (AvgIpc) is 3.09. The van der Waals surface area contributed by atoms with Gasteiger partial charge in [0.1, 0.15) is 43.2 Å². The number of rotatable bonds is 12. The van der Waals surface area contributed by atoms with Crippen LogP contribution in [0.1, 0.15) is 38.2 Å². The Labute approximate surface area is 282 Å². The molecule has 0 spiro atoms. The number of hydrogen-bond donors (Lipinski definition) is 0. The molecule has 16 heteroatoms. The van der Waals surface area contributed by atoms with Crippen LogP contribution in [0.25, 0.3) is 10.4 Å². The molecule has 1 unspecified atom stereocenters. The number of nitrogens with zero attached hydrogens (tertiary/aromatic N) is 3. The first kappa shape index (κ1) is 36.2. The van der Waals surface area contributed by atoms with Gasteiger partial charge < -0.3 is 47.4 Å². The summed E-state index contributed by atoms with van der Waals surface area (Å²) >= 11 is 0. The fraction of sp³-hybridized carbons (Fsp3) is 0.545. The number of ether oxygens (including phenoxy) is 10. The maximum Gasteiger partial charge on any atom is 0.303 e. The summed E-state index contributed by atoms with van der Waals surface area (Å²) < 4.78 is 60.0. The first-order valence-electron chi connectivity index (χ1n) is 15.7. The van der Waals surface area contributed by atoms with Crippen molar-refractivity contribution in [3.8, 4) is 0 Å². The highest BCUT2D eigenvalue weighted by Crippen LogP contribution is 2.39. The monoisotopic (exact) mass is 685 g/mol. The van der Waals surface area contributed by atoms with Crippen molar-refractivity contribution in [3.63, 3.8) is 0 Å². The van der Waals surface area contributed by atoms with E-state index < -0.39 is 92.2 Å². The van der Waals surface area contributed by atoms with E-state index >= 15 is 0 Å². The van der Waals surface area contributed by atoms with Crippen molar-refractivity contribution in [2.75, 3.05) is 20.3 Å². The number of esters is 3. The molecule has 2 aromatic rings. The number of methoxy groups -OCH3 is 1. The number of carbonyl (C=O) groups excluding carboxylic acids is 3. The Morgan fingerprint density at radius 2 is 1.51 bits per heavy atom. The number of carbonyl (C=O) groups is 3. The zero-order valence-corrected chi connectivity index (χ0v) is 27.4. The van der Waals surface area contributed by atoms with Gasteiger partial charge in [-0.3, -0.25) is 14.4 Å². The molecule has 3 heterocycles. The summed E-state index contributed by atoms with van der Waals surface area (Å²) in [6, 6.07) is 17.3. The van der Waals surface area contributed by atoms with E-state index in [1.54, 1.807) is 0 Å². The Bertz CT molecular complexity index is 1450. The topological polar surface area (TPSA) is 192 Å². The van der Waals surface area contributed by atoms with E-state index in [1.807, 2.05) is 60.7 Å². The van der Waals surface area contributed by atoms with Gasteiger partial charge in [-0.15, -0.1) is 0 Å². The largest absolute Gasteiger partial charge is 0.463 e. The lowest BCUT2D eigenvalue weighted by Gasteiger charge is -2.51. The zero-order valence-electron chi connectivity index (χ0n) is 27.4. The first-order valence-corrected chi connectivity index (χ1v) is 15.7. The molecule has 2 aromatic carbocycles. The predicted molar refractivity (Wildman–Crippen MR) is 165 cm³/mol. The van der Waals surface area contributed by atoms with Gasteiger partial charge in [0, 0.05) is 38.4 Å². The van der Waals surface area contributed by atoms with Gasteiger partial charge in [0.25, 0.3) is 0 Å². The van der Waals surface area contributed by atoms with E-state index in [4.69, 9.17) is 47.4 Å². The molecule has 0 saturated carbocycles. The third-order valence-corrected chi connectivity index (χ3v) is 8.02. The third kappa shape index (κ3) is 9.12. The fourth-order valence-corrected chi connectivity index (χ4v) is 5.95. The highest BCUT2D eigenvalue weighted by Gasteiger charge is 2.56. The lowest BCUT2D eigenvalue weighted by Crippen LogP contribution is -2.67. The van der Waals surface area contributed by atoms with Crippen molar-refractivity contribution >= 4 is 17.9 Å². The van der Waals surface area contributed by atoms with Gasteiger partial charge in [0.2, 0.25) is 0 Å². The molecular weight excluding hydrogens is 646 g/mol. The van der Waals surface area contributed by atoms with Crippen LogP contribution in [0.15, 0.2) is 65.8 Å². The minimum absolute atomic E-state index is 0.0975. The molecule has 0 N–H and O–H groups in total. The molecule has 5 rings (SSSR count). The summed E-state index contributed by atoms with van der Waals surface area (Å²) in [5.41, 5.74) is 11.2. The van der Waals surface area contributed by atoms with Gasteiger partial charge in [-0.2, -0.15) is 0 Å². The lowest BCUT2D eigenvalue weighted by molar-refractivity contribution is -0.388. The Hall–Kier alpha value is -4.12. The third-order valence-electron chi connectivity index (χ3n) is 8.02. The maximum absolute atomic E-state index is 12.3. The molecule has 3 fully saturated rings. The van der Waals surface area contributed by atoms with Crippen LogP contribution in [-0.4, -0.2) is 99.6 Å². The highest BCUT2D eigenvalue weighted by atomic mass is 16.8. The minimum atomic E-state index is -1.47. The molecule has 11 atom stereocenters. The molecule has 3 saturated heterocycles. The Morgan fingerprint density at radius 1 is 0.837 bits per heavy atom. The molecule has 0 bridgehead atoms. The second-order valence-corrected chi connectivity index (χ2v) is 11.5. The summed E-state index contributed by atoms with van der Waals surface area (Å²) in [6.07, 6.45) is -10.8. The van der Waals surface area contributed by atoms with Crippen molar-refractivity contribution in [3.05, 3.63) is 82.2 Å². The average molecular weight is 686 g/mol. The molecule has 3 aliphatic heterocycles. The molecule has 264 valence electrons. The van der Waals surface area contributed by atoms with Crippen molar-refractivity contribution in [1.82, 2.24) is 0 Å². The standard InChI is InChI=1S/C33H39N3O13/c1-18(37)41-16-23-26(44-19(2)38)28(45-20(3)39)25(35-36-34)32(46-23)49-29-27-24(17-43-31(48-27)22-13-9-6-10-14-22)47-33(40-4)30(29)42-15-21-11-7-5-8-12-21/h5-14,23-33H,15-17H2,1-4H3/t23-,24-,25-,26-,27-,28-,29+,30-,31?,32-,33+/m1/s1. The molecule has 0 aliphatic carbocycles. The van der Waals surface area contributed by atoms with Crippen molar-refractivity contribution < 1.29 is 61.8 Å². The molecule has 16 nitrogen and oxygen atoms in total. The number of azide groups is 1. The van der Waals surface area contributed by atoms with Crippen LogP contribution in [-0.2, 0) is 68.4 Å². The predicted octanol–water partition coefficient (Wildman–Crippen LogP) is 3.27. The summed E-state index contributed by atoms with van der Waals surface area (Å²) in [5.74, 6) is -2.15. The van der Waals surface area contributed by atoms with Gasteiger partial charge in [0.15, 0.2) is 31.1 Å². The van der Waals surface area contributed by atoms with Crippen LogP contribution < -0.4 is 0 Å². The van der Waals surface area contributed by atoms with E-state index in [0.717, 1.165) is 25.0 Å². The smallest absolute Gasteiger partial charge is 0.303 e. The summed E-state index contributed by atoms with van der Waals surface area (Å²) in [5, 5.41) is 3.86. The van der Waals surface area contributed by atoms with E-state index in [0.29, 0.717) is 0 Å². The molecule has 0 amide bonds. The van der Waals surface area contributed by atoms with Gasteiger partial charge >= 0.3 is 17.9 Å². The molecule has 0 radical (unpaired) electrons. The summed E-state index contributed by atoms with van der Waals surface area (Å²) in [7, 11) is 1.45. The Balaban J connectivity index is 1.53. The molecule has 0 aromatic heterocycles. The van der Waals surface area contributed by atoms with Crippen molar-refractivity contribution in [2.45, 2.75) is 95.0 Å². The normalized spacial score (nSPS) is 32.5. The molecule has 49 heavy (non-hydrogen) atoms. The molecule has 3 aliphatic rings. The first-order chi connectivity index (χ1) is 23.7. The van der Waals surface area contributed by atoms with Gasteiger partial charge in [-0.25, -0.2) is 0 Å².